The normalized spacial score (nSPS) is 12.7. The van der Waals surface area contributed by atoms with E-state index in [4.69, 9.17) is 44.9 Å². The first-order valence-electron chi connectivity index (χ1n) is 7.95. The van der Waals surface area contributed by atoms with E-state index >= 15 is 0 Å². The van der Waals surface area contributed by atoms with Gasteiger partial charge in [0.25, 0.3) is 0 Å². The molecule has 2 aromatic rings. The van der Waals surface area contributed by atoms with Gasteiger partial charge >= 0.3 is 0 Å². The van der Waals surface area contributed by atoms with E-state index in [2.05, 4.69) is 15.5 Å². The molecule has 0 spiro atoms. The maximum atomic E-state index is 10.1. The SMILES string of the molecule is CC(C)(COc1ccc(=S)[nH]n1)NCC(O)COc1cccc(Cl)c1Cl. The average molecular weight is 418 g/mol. The van der Waals surface area contributed by atoms with Crippen LogP contribution < -0.4 is 14.8 Å². The summed E-state index contributed by atoms with van der Waals surface area (Å²) >= 11 is 16.9. The molecular formula is C17H21Cl2N3O3S. The van der Waals surface area contributed by atoms with E-state index in [1.807, 2.05) is 13.8 Å². The smallest absolute Gasteiger partial charge is 0.231 e. The molecule has 0 aliphatic carbocycles. The molecule has 2 rings (SSSR count). The Morgan fingerprint density at radius 1 is 1.27 bits per heavy atom. The lowest BCUT2D eigenvalue weighted by atomic mass is 10.1. The van der Waals surface area contributed by atoms with Gasteiger partial charge in [-0.25, -0.2) is 0 Å². The second-order valence-electron chi connectivity index (χ2n) is 6.33. The molecule has 26 heavy (non-hydrogen) atoms. The van der Waals surface area contributed by atoms with Crippen molar-refractivity contribution >= 4 is 35.4 Å². The van der Waals surface area contributed by atoms with Crippen LogP contribution in [0.2, 0.25) is 10.0 Å². The minimum atomic E-state index is -0.727. The van der Waals surface area contributed by atoms with Crippen molar-refractivity contribution in [3.8, 4) is 11.6 Å². The lowest BCUT2D eigenvalue weighted by Crippen LogP contribution is -2.48. The Kier molecular flexibility index (Phi) is 7.67. The quantitative estimate of drug-likeness (QED) is 0.540. The van der Waals surface area contributed by atoms with Crippen LogP contribution in [0.25, 0.3) is 0 Å². The van der Waals surface area contributed by atoms with Gasteiger partial charge in [-0.2, -0.15) is 0 Å². The number of hydrogen-bond acceptors (Lipinski definition) is 6. The number of aromatic amines is 1. The minimum Gasteiger partial charge on any atom is -0.489 e. The van der Waals surface area contributed by atoms with Crippen LogP contribution in [-0.2, 0) is 0 Å². The Hall–Kier alpha value is -1.38. The predicted octanol–water partition coefficient (Wildman–Crippen LogP) is 3.63. The molecule has 1 aromatic heterocycles. The average Bonchev–Trinajstić information content (AvgIpc) is 2.61. The summed E-state index contributed by atoms with van der Waals surface area (Å²) in [5.41, 5.74) is -0.386. The highest BCUT2D eigenvalue weighted by Gasteiger charge is 2.20. The van der Waals surface area contributed by atoms with E-state index in [9.17, 15) is 5.11 Å². The molecule has 0 radical (unpaired) electrons. The molecule has 1 atom stereocenters. The molecule has 1 heterocycles. The maximum absolute atomic E-state index is 10.1. The third-order valence-corrected chi connectivity index (χ3v) is 4.43. The lowest BCUT2D eigenvalue weighted by molar-refractivity contribution is 0.0923. The third-order valence-electron chi connectivity index (χ3n) is 3.40. The largest absolute Gasteiger partial charge is 0.489 e. The van der Waals surface area contributed by atoms with Gasteiger partial charge in [-0.05, 0) is 32.0 Å². The number of aromatic nitrogens is 2. The Morgan fingerprint density at radius 3 is 2.73 bits per heavy atom. The van der Waals surface area contributed by atoms with E-state index < -0.39 is 6.10 Å². The zero-order valence-electron chi connectivity index (χ0n) is 14.5. The van der Waals surface area contributed by atoms with Crippen LogP contribution in [0.1, 0.15) is 13.8 Å². The number of nitrogens with zero attached hydrogens (tertiary/aromatic N) is 1. The second kappa shape index (κ2) is 9.53. The van der Waals surface area contributed by atoms with Crippen LogP contribution >= 0.6 is 35.4 Å². The van der Waals surface area contributed by atoms with Crippen molar-refractivity contribution in [3.05, 3.63) is 45.0 Å². The summed E-state index contributed by atoms with van der Waals surface area (Å²) in [4.78, 5) is 0. The highest BCUT2D eigenvalue weighted by Crippen LogP contribution is 2.31. The number of β-amino-alcohol motifs (C(OH)–C–C–N with tert-alkyl or cyclic N) is 1. The van der Waals surface area contributed by atoms with Gasteiger partial charge in [-0.3, -0.25) is 5.10 Å². The number of hydrogen-bond donors (Lipinski definition) is 3. The Bertz CT molecular complexity index is 766. The van der Waals surface area contributed by atoms with Crippen LogP contribution in [0.4, 0.5) is 0 Å². The fourth-order valence-electron chi connectivity index (χ4n) is 1.95. The number of halogens is 2. The van der Waals surface area contributed by atoms with Crippen molar-refractivity contribution in [3.63, 3.8) is 0 Å². The molecular weight excluding hydrogens is 397 g/mol. The summed E-state index contributed by atoms with van der Waals surface area (Å²) in [5, 5.41) is 20.7. The van der Waals surface area contributed by atoms with Gasteiger partial charge in [-0.15, -0.1) is 5.10 Å². The summed E-state index contributed by atoms with van der Waals surface area (Å²) in [6.07, 6.45) is -0.727. The topological polar surface area (TPSA) is 79.4 Å². The highest BCUT2D eigenvalue weighted by molar-refractivity contribution is 7.71. The second-order valence-corrected chi connectivity index (χ2v) is 7.55. The van der Waals surface area contributed by atoms with E-state index in [1.54, 1.807) is 30.3 Å². The first-order chi connectivity index (χ1) is 12.3. The Balaban J connectivity index is 1.76. The van der Waals surface area contributed by atoms with Gasteiger partial charge in [0.2, 0.25) is 5.88 Å². The Morgan fingerprint density at radius 2 is 2.04 bits per heavy atom. The van der Waals surface area contributed by atoms with Gasteiger partial charge in [-0.1, -0.05) is 41.5 Å². The van der Waals surface area contributed by atoms with Crippen molar-refractivity contribution in [2.24, 2.45) is 0 Å². The summed E-state index contributed by atoms with van der Waals surface area (Å²) in [7, 11) is 0. The summed E-state index contributed by atoms with van der Waals surface area (Å²) in [6.45, 7) is 4.68. The number of nitrogens with one attached hydrogen (secondary N) is 2. The van der Waals surface area contributed by atoms with Gasteiger partial charge in [0.15, 0.2) is 0 Å². The van der Waals surface area contributed by atoms with Gasteiger partial charge in [0.1, 0.15) is 34.7 Å². The van der Waals surface area contributed by atoms with E-state index in [1.165, 1.54) is 0 Å². The van der Waals surface area contributed by atoms with Crippen molar-refractivity contribution in [1.82, 2.24) is 15.5 Å². The summed E-state index contributed by atoms with van der Waals surface area (Å²) in [6, 6.07) is 8.52. The van der Waals surface area contributed by atoms with Crippen LogP contribution in [0.15, 0.2) is 30.3 Å². The molecule has 0 fully saturated rings. The summed E-state index contributed by atoms with van der Waals surface area (Å²) < 4.78 is 11.7. The van der Waals surface area contributed by atoms with Gasteiger partial charge in [0, 0.05) is 18.2 Å². The molecule has 1 unspecified atom stereocenters. The molecule has 0 amide bonds. The fourth-order valence-corrected chi connectivity index (χ4v) is 2.41. The Labute approximate surface area is 167 Å². The first-order valence-corrected chi connectivity index (χ1v) is 9.12. The molecule has 0 saturated carbocycles. The number of H-pyrrole nitrogens is 1. The van der Waals surface area contributed by atoms with Crippen LogP contribution in [0.3, 0.4) is 0 Å². The van der Waals surface area contributed by atoms with E-state index in [0.717, 1.165) is 0 Å². The standard InChI is InChI=1S/C17H21Cl2N3O3S/c1-17(2,10-25-14-6-7-15(26)22-21-14)20-8-11(23)9-24-13-5-3-4-12(18)16(13)19/h3-7,11,20,23H,8-10H2,1-2H3,(H,22,26). The van der Waals surface area contributed by atoms with E-state index in [0.29, 0.717) is 39.5 Å². The molecule has 0 saturated heterocycles. The van der Waals surface area contributed by atoms with Crippen molar-refractivity contribution in [1.29, 1.82) is 0 Å². The van der Waals surface area contributed by atoms with E-state index in [-0.39, 0.29) is 12.1 Å². The molecule has 142 valence electrons. The number of aliphatic hydroxyl groups is 1. The number of rotatable bonds is 9. The zero-order chi connectivity index (χ0) is 19.2. The third kappa shape index (κ3) is 6.74. The first kappa shape index (κ1) is 20.9. The van der Waals surface area contributed by atoms with Crippen LogP contribution in [-0.4, -0.2) is 46.7 Å². The molecule has 1 aromatic carbocycles. The molecule has 0 aliphatic heterocycles. The van der Waals surface area contributed by atoms with Gasteiger partial charge < -0.3 is 19.9 Å². The summed E-state index contributed by atoms with van der Waals surface area (Å²) in [5.74, 6) is 0.890. The molecule has 3 N–H and O–H groups in total. The van der Waals surface area contributed by atoms with Crippen LogP contribution in [0, 0.1) is 4.64 Å². The molecule has 6 nitrogen and oxygen atoms in total. The fraction of sp³-hybridized carbons (Fsp3) is 0.412. The highest BCUT2D eigenvalue weighted by atomic mass is 35.5. The number of ether oxygens (including phenoxy) is 2. The van der Waals surface area contributed by atoms with Gasteiger partial charge in [0.05, 0.1) is 5.02 Å². The van der Waals surface area contributed by atoms with Crippen LogP contribution in [0.5, 0.6) is 11.6 Å². The van der Waals surface area contributed by atoms with Crippen molar-refractivity contribution < 1.29 is 14.6 Å². The molecule has 0 aliphatic rings. The molecule has 9 heteroatoms. The van der Waals surface area contributed by atoms with Crippen molar-refractivity contribution in [2.45, 2.75) is 25.5 Å². The monoisotopic (exact) mass is 417 g/mol. The molecule has 0 bridgehead atoms. The lowest BCUT2D eigenvalue weighted by Gasteiger charge is -2.27. The maximum Gasteiger partial charge on any atom is 0.231 e. The number of benzene rings is 1. The zero-order valence-corrected chi connectivity index (χ0v) is 16.8. The number of aliphatic hydroxyl groups excluding tert-OH is 1. The predicted molar refractivity (Wildman–Crippen MR) is 105 cm³/mol. The van der Waals surface area contributed by atoms with Crippen molar-refractivity contribution in [2.75, 3.05) is 19.8 Å². The minimum absolute atomic E-state index is 0.0841.